The Labute approximate surface area is 135 Å². The van der Waals surface area contributed by atoms with E-state index >= 15 is 0 Å². The molecule has 0 aliphatic heterocycles. The van der Waals surface area contributed by atoms with Crippen LogP contribution in [0.4, 0.5) is 0 Å². The van der Waals surface area contributed by atoms with Crippen molar-refractivity contribution in [3.63, 3.8) is 0 Å². The van der Waals surface area contributed by atoms with E-state index in [2.05, 4.69) is 36.1 Å². The van der Waals surface area contributed by atoms with E-state index in [9.17, 15) is 4.79 Å². The molecule has 120 valence electrons. The summed E-state index contributed by atoms with van der Waals surface area (Å²) in [6, 6.07) is 0.0151. The normalized spacial score (nSPS) is 13.1. The number of imidazole rings is 1. The summed E-state index contributed by atoms with van der Waals surface area (Å²) in [6.45, 7) is 11.1. The fourth-order valence-corrected chi connectivity index (χ4v) is 3.16. The van der Waals surface area contributed by atoms with Crippen LogP contribution in [0.5, 0.6) is 0 Å². The second-order valence-electron chi connectivity index (χ2n) is 6.51. The lowest BCUT2D eigenvalue weighted by Gasteiger charge is -2.31. The van der Waals surface area contributed by atoms with Gasteiger partial charge in [-0.05, 0) is 18.8 Å². The first-order valence-corrected chi connectivity index (χ1v) is 8.35. The van der Waals surface area contributed by atoms with Crippen LogP contribution in [-0.2, 0) is 13.0 Å². The van der Waals surface area contributed by atoms with E-state index in [1.54, 1.807) is 12.5 Å². The average molecular weight is 320 g/mol. The van der Waals surface area contributed by atoms with Crippen LogP contribution in [0, 0.1) is 12.3 Å². The number of thiazole rings is 1. The molecule has 1 atom stereocenters. The Morgan fingerprint density at radius 1 is 1.45 bits per heavy atom. The summed E-state index contributed by atoms with van der Waals surface area (Å²) in [5.74, 6) is -0.0255. The minimum Gasteiger partial charge on any atom is -0.346 e. The molecule has 2 heterocycles. The van der Waals surface area contributed by atoms with Crippen LogP contribution in [-0.4, -0.2) is 26.5 Å². The Morgan fingerprint density at radius 3 is 2.73 bits per heavy atom. The minimum absolute atomic E-state index is 0.0151. The second kappa shape index (κ2) is 6.60. The van der Waals surface area contributed by atoms with Crippen LogP contribution < -0.4 is 5.32 Å². The molecule has 1 N–H and O–H groups in total. The van der Waals surface area contributed by atoms with Gasteiger partial charge in [-0.3, -0.25) is 4.79 Å². The fourth-order valence-electron chi connectivity index (χ4n) is 2.25. The maximum atomic E-state index is 12.7. The molecule has 0 aliphatic carbocycles. The van der Waals surface area contributed by atoms with Crippen LogP contribution in [0.3, 0.4) is 0 Å². The molecule has 2 aromatic heterocycles. The van der Waals surface area contributed by atoms with E-state index in [4.69, 9.17) is 0 Å². The number of aryl methyl sites for hydroxylation is 2. The Bertz CT molecular complexity index is 625. The van der Waals surface area contributed by atoms with Gasteiger partial charge in [0.05, 0.1) is 23.1 Å². The molecule has 0 bridgehead atoms. The van der Waals surface area contributed by atoms with Crippen molar-refractivity contribution < 1.29 is 4.79 Å². The van der Waals surface area contributed by atoms with Crippen molar-refractivity contribution in [1.29, 1.82) is 0 Å². The molecule has 1 amide bonds. The van der Waals surface area contributed by atoms with Gasteiger partial charge in [-0.15, -0.1) is 11.3 Å². The van der Waals surface area contributed by atoms with Crippen LogP contribution >= 0.6 is 11.3 Å². The van der Waals surface area contributed by atoms with Gasteiger partial charge in [0, 0.05) is 18.9 Å². The predicted molar refractivity (Wildman–Crippen MR) is 89.2 cm³/mol. The van der Waals surface area contributed by atoms with Gasteiger partial charge in [-0.1, -0.05) is 27.7 Å². The second-order valence-corrected chi connectivity index (χ2v) is 7.72. The molecule has 0 aliphatic rings. The third kappa shape index (κ3) is 3.94. The maximum Gasteiger partial charge on any atom is 0.263 e. The van der Waals surface area contributed by atoms with E-state index in [1.807, 2.05) is 24.6 Å². The largest absolute Gasteiger partial charge is 0.346 e. The van der Waals surface area contributed by atoms with Gasteiger partial charge in [0.25, 0.3) is 5.91 Å². The lowest BCUT2D eigenvalue weighted by atomic mass is 9.86. The molecule has 22 heavy (non-hydrogen) atoms. The molecule has 2 aromatic rings. The summed E-state index contributed by atoms with van der Waals surface area (Å²) >= 11 is 1.47. The Morgan fingerprint density at radius 2 is 2.18 bits per heavy atom. The molecule has 0 fully saturated rings. The third-order valence-electron chi connectivity index (χ3n) is 3.65. The molecule has 0 spiro atoms. The van der Waals surface area contributed by atoms with E-state index in [0.717, 1.165) is 22.0 Å². The van der Waals surface area contributed by atoms with Gasteiger partial charge in [0.2, 0.25) is 0 Å². The summed E-state index contributed by atoms with van der Waals surface area (Å²) in [4.78, 5) is 21.9. The average Bonchev–Trinajstić information content (AvgIpc) is 3.05. The van der Waals surface area contributed by atoms with Gasteiger partial charge in [0.1, 0.15) is 4.88 Å². The number of nitrogens with one attached hydrogen (secondary N) is 1. The van der Waals surface area contributed by atoms with E-state index < -0.39 is 0 Å². The van der Waals surface area contributed by atoms with Crippen LogP contribution in [0.2, 0.25) is 0 Å². The summed E-state index contributed by atoms with van der Waals surface area (Å²) in [6.07, 6.45) is 6.22. The number of nitrogens with zero attached hydrogens (tertiary/aromatic N) is 3. The van der Waals surface area contributed by atoms with Crippen LogP contribution in [0.1, 0.15) is 48.1 Å². The van der Waals surface area contributed by atoms with E-state index in [1.165, 1.54) is 11.3 Å². The monoisotopic (exact) mass is 320 g/mol. The fraction of sp³-hybridized carbons (Fsp3) is 0.562. The number of carbonyl (C=O) groups is 1. The summed E-state index contributed by atoms with van der Waals surface area (Å²) in [5, 5.41) is 4.12. The minimum atomic E-state index is -0.0496. The van der Waals surface area contributed by atoms with Crippen molar-refractivity contribution in [1.82, 2.24) is 19.9 Å². The predicted octanol–water partition coefficient (Wildman–Crippen LogP) is 3.06. The maximum absolute atomic E-state index is 12.7. The van der Waals surface area contributed by atoms with E-state index in [-0.39, 0.29) is 17.4 Å². The molecular weight excluding hydrogens is 296 g/mol. The Balaban J connectivity index is 2.17. The molecule has 6 heteroatoms. The van der Waals surface area contributed by atoms with E-state index in [0.29, 0.717) is 6.54 Å². The van der Waals surface area contributed by atoms with Crippen LogP contribution in [0.25, 0.3) is 0 Å². The lowest BCUT2D eigenvalue weighted by molar-refractivity contribution is 0.0895. The number of aromatic nitrogens is 3. The molecule has 0 unspecified atom stereocenters. The molecule has 2 rings (SSSR count). The summed E-state index contributed by atoms with van der Waals surface area (Å²) in [5.41, 5.74) is 0.835. The van der Waals surface area contributed by atoms with Crippen molar-refractivity contribution in [2.45, 2.75) is 53.6 Å². The summed E-state index contributed by atoms with van der Waals surface area (Å²) < 4.78 is 1.99. The number of amides is 1. The standard InChI is InChI=1S/C16H24N4OS/c1-6-12-14(22-11(2)18-12)15(21)19-13(16(3,4)5)9-20-8-7-17-10-20/h7-8,10,13H,6,9H2,1-5H3,(H,19,21)/t13-/m1/s1. The zero-order valence-corrected chi connectivity index (χ0v) is 14.7. The first kappa shape index (κ1) is 16.7. The SMILES string of the molecule is CCc1nc(C)sc1C(=O)N[C@H](Cn1ccnc1)C(C)(C)C. The molecule has 5 nitrogen and oxygen atoms in total. The highest BCUT2D eigenvalue weighted by Gasteiger charge is 2.28. The molecule has 0 saturated carbocycles. The van der Waals surface area contributed by atoms with Gasteiger partial charge in [0.15, 0.2) is 0 Å². The Kier molecular flexibility index (Phi) is 5.01. The molecule has 0 aromatic carbocycles. The number of hydrogen-bond acceptors (Lipinski definition) is 4. The van der Waals surface area contributed by atoms with Crippen molar-refractivity contribution in [3.05, 3.63) is 34.3 Å². The highest BCUT2D eigenvalue weighted by molar-refractivity contribution is 7.13. The third-order valence-corrected chi connectivity index (χ3v) is 4.66. The van der Waals surface area contributed by atoms with Crippen LogP contribution in [0.15, 0.2) is 18.7 Å². The smallest absolute Gasteiger partial charge is 0.263 e. The quantitative estimate of drug-likeness (QED) is 0.921. The zero-order chi connectivity index (χ0) is 16.3. The highest BCUT2D eigenvalue weighted by Crippen LogP contribution is 2.23. The molecule has 0 radical (unpaired) electrons. The van der Waals surface area contributed by atoms with Gasteiger partial charge in [-0.25, -0.2) is 9.97 Å². The van der Waals surface area contributed by atoms with Gasteiger partial charge in [-0.2, -0.15) is 0 Å². The number of rotatable bonds is 5. The summed E-state index contributed by atoms with van der Waals surface area (Å²) in [7, 11) is 0. The van der Waals surface area contributed by atoms with Crippen molar-refractivity contribution in [3.8, 4) is 0 Å². The zero-order valence-electron chi connectivity index (χ0n) is 13.9. The first-order chi connectivity index (χ1) is 10.3. The number of hydrogen-bond donors (Lipinski definition) is 1. The molecule has 0 saturated heterocycles. The molecular formula is C16H24N4OS. The van der Waals surface area contributed by atoms with Gasteiger partial charge >= 0.3 is 0 Å². The van der Waals surface area contributed by atoms with Crippen molar-refractivity contribution in [2.24, 2.45) is 5.41 Å². The number of carbonyl (C=O) groups excluding carboxylic acids is 1. The lowest BCUT2D eigenvalue weighted by Crippen LogP contribution is -2.46. The topological polar surface area (TPSA) is 59.8 Å². The van der Waals surface area contributed by atoms with Crippen molar-refractivity contribution >= 4 is 17.2 Å². The van der Waals surface area contributed by atoms with Gasteiger partial charge < -0.3 is 9.88 Å². The highest BCUT2D eigenvalue weighted by atomic mass is 32.1. The Hall–Kier alpha value is -1.69. The van der Waals surface area contributed by atoms with Crippen molar-refractivity contribution in [2.75, 3.05) is 0 Å². The first-order valence-electron chi connectivity index (χ1n) is 7.54.